The lowest BCUT2D eigenvalue weighted by Crippen LogP contribution is -2.55. The molecule has 0 aliphatic carbocycles. The summed E-state index contributed by atoms with van der Waals surface area (Å²) in [7, 11) is 0. The van der Waals surface area contributed by atoms with Crippen molar-refractivity contribution in [3.8, 4) is 22.6 Å². The van der Waals surface area contributed by atoms with Crippen molar-refractivity contribution in [2.45, 2.75) is 30.5 Å². The summed E-state index contributed by atoms with van der Waals surface area (Å²) < 4.78 is 11.1. The van der Waals surface area contributed by atoms with Gasteiger partial charge in [-0.05, 0) is 29.8 Å². The maximum Gasteiger partial charge on any atom is 0.200 e. The van der Waals surface area contributed by atoms with Crippen molar-refractivity contribution in [3.63, 3.8) is 0 Å². The lowest BCUT2D eigenvalue weighted by atomic mass is 9.89. The summed E-state index contributed by atoms with van der Waals surface area (Å²) in [6, 6.07) is 8.54. The van der Waals surface area contributed by atoms with E-state index >= 15 is 0 Å². The van der Waals surface area contributed by atoms with Gasteiger partial charge in [0, 0.05) is 0 Å². The average Bonchev–Trinajstić information content (AvgIpc) is 2.74. The molecule has 1 aliphatic heterocycles. The molecule has 0 radical (unpaired) electrons. The predicted molar refractivity (Wildman–Crippen MR) is 104 cm³/mol. The van der Waals surface area contributed by atoms with Gasteiger partial charge in [-0.1, -0.05) is 12.1 Å². The molecule has 2 heterocycles. The molecule has 1 aliphatic rings. The van der Waals surface area contributed by atoms with E-state index < -0.39 is 42.6 Å². The quantitative estimate of drug-likeness (QED) is 0.355. The minimum Gasteiger partial charge on any atom is -0.508 e. The monoisotopic (exact) mass is 416 g/mol. The average molecular weight is 416 g/mol. The van der Waals surface area contributed by atoms with Gasteiger partial charge in [0.05, 0.1) is 23.1 Å². The normalized spacial score (nSPS) is 26.7. The molecule has 1 aromatic heterocycles. The Morgan fingerprint density at radius 1 is 0.900 bits per heavy atom. The lowest BCUT2D eigenvalue weighted by molar-refractivity contribution is -0.231. The molecule has 2 aromatic carbocycles. The first-order valence-electron chi connectivity index (χ1n) is 9.20. The van der Waals surface area contributed by atoms with E-state index in [4.69, 9.17) is 9.15 Å². The fourth-order valence-electron chi connectivity index (χ4n) is 3.67. The number of phenolic OH excluding ortho intramolecular Hbond substituents is 2. The predicted octanol–water partition coefficient (Wildman–Crippen LogP) is 0.386. The second-order valence-electron chi connectivity index (χ2n) is 7.15. The van der Waals surface area contributed by atoms with Crippen LogP contribution in [-0.2, 0) is 4.74 Å². The first kappa shape index (κ1) is 20.3. The van der Waals surface area contributed by atoms with Crippen molar-refractivity contribution in [2.75, 3.05) is 6.61 Å². The minimum absolute atomic E-state index is 0.0405. The van der Waals surface area contributed by atoms with Crippen molar-refractivity contribution < 1.29 is 39.8 Å². The number of aliphatic hydroxyl groups excluding tert-OH is 4. The van der Waals surface area contributed by atoms with Crippen LogP contribution in [0.2, 0.25) is 0 Å². The van der Waals surface area contributed by atoms with Gasteiger partial charge in [0.2, 0.25) is 5.43 Å². The van der Waals surface area contributed by atoms with Gasteiger partial charge in [-0.2, -0.15) is 0 Å². The summed E-state index contributed by atoms with van der Waals surface area (Å²) in [5.74, 6) is -0.314. The fourth-order valence-corrected chi connectivity index (χ4v) is 3.67. The number of rotatable bonds is 3. The fraction of sp³-hybridized carbons (Fsp3) is 0.286. The zero-order valence-corrected chi connectivity index (χ0v) is 15.5. The van der Waals surface area contributed by atoms with Crippen LogP contribution in [0.25, 0.3) is 22.1 Å². The molecule has 0 unspecified atom stereocenters. The highest BCUT2D eigenvalue weighted by Gasteiger charge is 2.45. The topological polar surface area (TPSA) is 161 Å². The highest BCUT2D eigenvalue weighted by Crippen LogP contribution is 2.40. The molecule has 4 rings (SSSR count). The van der Waals surface area contributed by atoms with Crippen LogP contribution in [0.3, 0.4) is 0 Å². The Kier molecular flexibility index (Phi) is 5.22. The summed E-state index contributed by atoms with van der Waals surface area (Å²) in [4.78, 5) is 13.0. The summed E-state index contributed by atoms with van der Waals surface area (Å²) >= 11 is 0. The van der Waals surface area contributed by atoms with E-state index in [1.54, 1.807) is 12.1 Å². The number of phenols is 2. The largest absolute Gasteiger partial charge is 0.508 e. The molecule has 3 aromatic rings. The maximum atomic E-state index is 13.0. The molecule has 0 amide bonds. The number of ether oxygens (including phenoxy) is 1. The Hall–Kier alpha value is -2.95. The van der Waals surface area contributed by atoms with Crippen LogP contribution < -0.4 is 5.43 Å². The van der Waals surface area contributed by atoms with Gasteiger partial charge in [0.1, 0.15) is 53.9 Å². The number of hydrogen-bond donors (Lipinski definition) is 6. The van der Waals surface area contributed by atoms with Crippen LogP contribution in [-0.4, -0.2) is 61.7 Å². The number of aliphatic hydroxyl groups is 4. The Balaban J connectivity index is 1.87. The molecule has 5 atom stereocenters. The van der Waals surface area contributed by atoms with Crippen LogP contribution >= 0.6 is 0 Å². The molecule has 9 heteroatoms. The molecule has 0 saturated carbocycles. The van der Waals surface area contributed by atoms with Gasteiger partial charge >= 0.3 is 0 Å². The van der Waals surface area contributed by atoms with E-state index in [2.05, 4.69) is 0 Å². The Morgan fingerprint density at radius 3 is 2.27 bits per heavy atom. The van der Waals surface area contributed by atoms with Crippen molar-refractivity contribution in [2.24, 2.45) is 0 Å². The Morgan fingerprint density at radius 2 is 1.60 bits per heavy atom. The van der Waals surface area contributed by atoms with E-state index in [1.165, 1.54) is 30.5 Å². The van der Waals surface area contributed by atoms with Gasteiger partial charge in [-0.25, -0.2) is 0 Å². The van der Waals surface area contributed by atoms with Gasteiger partial charge in [-0.15, -0.1) is 0 Å². The van der Waals surface area contributed by atoms with E-state index in [-0.39, 0.29) is 33.6 Å². The van der Waals surface area contributed by atoms with Crippen molar-refractivity contribution in [1.29, 1.82) is 0 Å². The van der Waals surface area contributed by atoms with E-state index in [9.17, 15) is 35.4 Å². The molecule has 9 nitrogen and oxygen atoms in total. The zero-order valence-electron chi connectivity index (χ0n) is 15.5. The maximum absolute atomic E-state index is 13.0. The zero-order chi connectivity index (χ0) is 21.6. The standard InChI is InChI=1S/C21H20O9/c22-7-14-17(26)18(27)19(28)21(30-14)15-13(24)6-5-11-16(25)12(8-29-20(11)15)9-1-3-10(23)4-2-9/h1-6,8,14,17-19,21-24,26-28H,7H2/t14-,17+,18+,19-,21-/m0/s1. The molecule has 30 heavy (non-hydrogen) atoms. The highest BCUT2D eigenvalue weighted by atomic mass is 16.5. The highest BCUT2D eigenvalue weighted by molar-refractivity contribution is 5.86. The van der Waals surface area contributed by atoms with Gasteiger partial charge < -0.3 is 39.8 Å². The third-order valence-corrected chi connectivity index (χ3v) is 5.31. The SMILES string of the molecule is O=c1c(-c2ccc(O)cc2)coc2c([C@@H]3O[C@@H](CO)[C@@H](O)[C@@H](O)[C@@H]3O)c(O)ccc12. The van der Waals surface area contributed by atoms with Crippen LogP contribution in [0.4, 0.5) is 0 Å². The summed E-state index contributed by atoms with van der Waals surface area (Å²) in [6.45, 7) is -0.637. The van der Waals surface area contributed by atoms with Crippen molar-refractivity contribution >= 4 is 11.0 Å². The summed E-state index contributed by atoms with van der Waals surface area (Å²) in [5, 5.41) is 59.8. The van der Waals surface area contributed by atoms with Crippen LogP contribution in [0.5, 0.6) is 11.5 Å². The molecular weight excluding hydrogens is 396 g/mol. The van der Waals surface area contributed by atoms with Gasteiger partial charge in [0.25, 0.3) is 0 Å². The second kappa shape index (κ2) is 7.71. The van der Waals surface area contributed by atoms with Crippen LogP contribution in [0.15, 0.2) is 51.9 Å². The van der Waals surface area contributed by atoms with Crippen molar-refractivity contribution in [1.82, 2.24) is 0 Å². The molecular formula is C21H20O9. The van der Waals surface area contributed by atoms with Gasteiger partial charge in [0.15, 0.2) is 0 Å². The van der Waals surface area contributed by atoms with E-state index in [0.717, 1.165) is 0 Å². The summed E-state index contributed by atoms with van der Waals surface area (Å²) in [6.07, 6.45) is -6.24. The van der Waals surface area contributed by atoms with Gasteiger partial charge in [-0.3, -0.25) is 4.79 Å². The first-order chi connectivity index (χ1) is 14.3. The lowest BCUT2D eigenvalue weighted by Gasteiger charge is -2.40. The molecule has 158 valence electrons. The minimum atomic E-state index is -1.65. The smallest absolute Gasteiger partial charge is 0.200 e. The Bertz CT molecular complexity index is 1120. The third-order valence-electron chi connectivity index (χ3n) is 5.31. The molecule has 1 fully saturated rings. The number of hydrogen-bond acceptors (Lipinski definition) is 9. The molecule has 0 bridgehead atoms. The number of aromatic hydroxyl groups is 2. The molecule has 6 N–H and O–H groups in total. The Labute approximate surface area is 169 Å². The van der Waals surface area contributed by atoms with E-state index in [1.807, 2.05) is 0 Å². The van der Waals surface area contributed by atoms with Crippen LogP contribution in [0, 0.1) is 0 Å². The number of fused-ring (bicyclic) bond motifs is 1. The van der Waals surface area contributed by atoms with E-state index in [0.29, 0.717) is 5.56 Å². The molecule has 1 saturated heterocycles. The summed E-state index contributed by atoms with van der Waals surface area (Å²) in [5.41, 5.74) is 0.150. The van der Waals surface area contributed by atoms with Crippen molar-refractivity contribution in [3.05, 3.63) is 58.4 Å². The molecule has 0 spiro atoms. The first-order valence-corrected chi connectivity index (χ1v) is 9.20. The van der Waals surface area contributed by atoms with Crippen LogP contribution in [0.1, 0.15) is 11.7 Å². The number of benzene rings is 2. The third kappa shape index (κ3) is 3.22. The second-order valence-corrected chi connectivity index (χ2v) is 7.15.